The van der Waals surface area contributed by atoms with Crippen LogP contribution in [0.5, 0.6) is 0 Å². The summed E-state index contributed by atoms with van der Waals surface area (Å²) in [4.78, 5) is 33.9. The summed E-state index contributed by atoms with van der Waals surface area (Å²) < 4.78 is 0. The molecule has 2 aromatic heterocycles. The summed E-state index contributed by atoms with van der Waals surface area (Å²) in [5, 5.41) is 8.66. The number of aryl methyl sites for hydroxylation is 5. The van der Waals surface area contributed by atoms with Gasteiger partial charge in [0.15, 0.2) is 5.13 Å². The fourth-order valence-electron chi connectivity index (χ4n) is 3.06. The molecule has 150 valence electrons. The van der Waals surface area contributed by atoms with Gasteiger partial charge in [0, 0.05) is 11.9 Å². The molecule has 0 spiro atoms. The fraction of sp³-hybridized carbons (Fsp3) is 0.238. The van der Waals surface area contributed by atoms with Crippen molar-refractivity contribution in [3.05, 3.63) is 63.3 Å². The van der Waals surface area contributed by atoms with E-state index in [0.29, 0.717) is 21.5 Å². The average molecular weight is 410 g/mol. The number of hydrogen-bond acceptors (Lipinski definition) is 5. The van der Waals surface area contributed by atoms with Crippen LogP contribution in [0.4, 0.5) is 21.4 Å². The molecule has 0 aliphatic heterocycles. The molecule has 0 radical (unpaired) electrons. The molecule has 3 amide bonds. The summed E-state index contributed by atoms with van der Waals surface area (Å²) in [7, 11) is 0. The molecular formula is C21H23N5O2S. The van der Waals surface area contributed by atoms with E-state index in [1.165, 1.54) is 0 Å². The van der Waals surface area contributed by atoms with Crippen LogP contribution in [0.1, 0.15) is 37.6 Å². The van der Waals surface area contributed by atoms with Crippen LogP contribution in [-0.4, -0.2) is 21.9 Å². The van der Waals surface area contributed by atoms with Gasteiger partial charge in [-0.05, 0) is 57.4 Å². The Morgan fingerprint density at radius 3 is 2.28 bits per heavy atom. The number of nitrogens with one attached hydrogen (secondary N) is 3. The molecule has 0 bridgehead atoms. The van der Waals surface area contributed by atoms with Crippen molar-refractivity contribution in [3.8, 4) is 0 Å². The smallest absolute Gasteiger partial charge is 0.321 e. The Morgan fingerprint density at radius 1 is 0.931 bits per heavy atom. The Kier molecular flexibility index (Phi) is 5.93. The highest BCUT2D eigenvalue weighted by Gasteiger charge is 2.18. The first kappa shape index (κ1) is 20.5. The van der Waals surface area contributed by atoms with E-state index in [9.17, 15) is 9.59 Å². The SMILES string of the molecule is Cc1cc(C)c(NC(=O)c2sc(NC(=O)Nc3ncccc3C)nc2C)c(C)c1. The van der Waals surface area contributed by atoms with Crippen molar-refractivity contribution in [2.24, 2.45) is 0 Å². The van der Waals surface area contributed by atoms with Crippen molar-refractivity contribution in [1.29, 1.82) is 0 Å². The Bertz CT molecular complexity index is 1070. The summed E-state index contributed by atoms with van der Waals surface area (Å²) in [6.07, 6.45) is 1.60. The quantitative estimate of drug-likeness (QED) is 0.566. The second-order valence-electron chi connectivity index (χ2n) is 6.91. The van der Waals surface area contributed by atoms with Gasteiger partial charge in [0.2, 0.25) is 0 Å². The third-order valence-electron chi connectivity index (χ3n) is 4.38. The zero-order chi connectivity index (χ0) is 21.1. The Balaban J connectivity index is 1.72. The zero-order valence-electron chi connectivity index (χ0n) is 17.0. The lowest BCUT2D eigenvalue weighted by Gasteiger charge is -2.12. The number of urea groups is 1. The van der Waals surface area contributed by atoms with Gasteiger partial charge in [0.1, 0.15) is 10.7 Å². The maximum Gasteiger partial charge on any atom is 0.326 e. The number of rotatable bonds is 4. The molecule has 0 aliphatic carbocycles. The molecule has 0 saturated carbocycles. The van der Waals surface area contributed by atoms with Gasteiger partial charge in [-0.2, -0.15) is 0 Å². The van der Waals surface area contributed by atoms with Crippen LogP contribution in [0, 0.1) is 34.6 Å². The van der Waals surface area contributed by atoms with Crippen molar-refractivity contribution in [3.63, 3.8) is 0 Å². The minimum Gasteiger partial charge on any atom is -0.321 e. The highest BCUT2D eigenvalue weighted by Crippen LogP contribution is 2.27. The third kappa shape index (κ3) is 4.78. The molecule has 0 unspecified atom stereocenters. The number of anilines is 3. The molecule has 2 heterocycles. The summed E-state index contributed by atoms with van der Waals surface area (Å²) in [5.74, 6) is 0.227. The van der Waals surface area contributed by atoms with Crippen LogP contribution in [0.15, 0.2) is 30.5 Å². The standard InChI is InChI=1S/C21H23N5O2S/c1-11-9-13(3)16(14(4)10-11)24-19(27)17-15(5)23-21(29-17)26-20(28)25-18-12(2)7-6-8-22-18/h6-10H,1-5H3,(H,24,27)(H2,22,23,25,26,28). The fourth-order valence-corrected chi connectivity index (χ4v) is 3.92. The first-order valence-electron chi connectivity index (χ1n) is 9.11. The van der Waals surface area contributed by atoms with E-state index in [4.69, 9.17) is 0 Å². The van der Waals surface area contributed by atoms with Crippen molar-refractivity contribution >= 4 is 39.9 Å². The van der Waals surface area contributed by atoms with Crippen molar-refractivity contribution in [2.45, 2.75) is 34.6 Å². The molecule has 0 aliphatic rings. The zero-order valence-corrected chi connectivity index (χ0v) is 17.8. The molecule has 29 heavy (non-hydrogen) atoms. The lowest BCUT2D eigenvalue weighted by molar-refractivity contribution is 0.102. The molecule has 7 nitrogen and oxygen atoms in total. The molecule has 8 heteroatoms. The second-order valence-corrected chi connectivity index (χ2v) is 7.91. The van der Waals surface area contributed by atoms with Crippen LogP contribution in [0.25, 0.3) is 0 Å². The summed E-state index contributed by atoms with van der Waals surface area (Å²) >= 11 is 1.13. The van der Waals surface area contributed by atoms with Gasteiger partial charge in [0.25, 0.3) is 5.91 Å². The Labute approximate surface area is 173 Å². The van der Waals surface area contributed by atoms with Crippen molar-refractivity contribution < 1.29 is 9.59 Å². The van der Waals surface area contributed by atoms with Crippen LogP contribution in [0.3, 0.4) is 0 Å². The lowest BCUT2D eigenvalue weighted by Crippen LogP contribution is -2.20. The molecule has 3 rings (SSSR count). The van der Waals surface area contributed by atoms with E-state index >= 15 is 0 Å². The predicted molar refractivity (Wildman–Crippen MR) is 117 cm³/mol. The maximum absolute atomic E-state index is 12.8. The van der Waals surface area contributed by atoms with Gasteiger partial charge in [-0.15, -0.1) is 0 Å². The molecule has 3 aromatic rings. The first-order chi connectivity index (χ1) is 13.7. The van der Waals surface area contributed by atoms with Crippen molar-refractivity contribution in [2.75, 3.05) is 16.0 Å². The van der Waals surface area contributed by atoms with E-state index in [0.717, 1.165) is 39.3 Å². The minimum absolute atomic E-state index is 0.246. The number of hydrogen-bond donors (Lipinski definition) is 3. The largest absolute Gasteiger partial charge is 0.326 e. The lowest BCUT2D eigenvalue weighted by atomic mass is 10.1. The number of thiazole rings is 1. The van der Waals surface area contributed by atoms with E-state index < -0.39 is 6.03 Å². The summed E-state index contributed by atoms with van der Waals surface area (Å²) in [5.41, 5.74) is 5.35. The van der Waals surface area contributed by atoms with Crippen LogP contribution in [-0.2, 0) is 0 Å². The summed E-state index contributed by atoms with van der Waals surface area (Å²) in [6.45, 7) is 9.55. The number of amides is 3. The van der Waals surface area contributed by atoms with Crippen molar-refractivity contribution in [1.82, 2.24) is 9.97 Å². The monoisotopic (exact) mass is 409 g/mol. The van der Waals surface area contributed by atoms with Gasteiger partial charge in [-0.25, -0.2) is 14.8 Å². The van der Waals surface area contributed by atoms with E-state index in [1.54, 1.807) is 19.2 Å². The minimum atomic E-state index is -0.460. The molecule has 3 N–H and O–H groups in total. The van der Waals surface area contributed by atoms with E-state index in [1.807, 2.05) is 45.9 Å². The van der Waals surface area contributed by atoms with Gasteiger partial charge in [0.05, 0.1) is 5.69 Å². The first-order valence-corrected chi connectivity index (χ1v) is 9.92. The molecular weight excluding hydrogens is 386 g/mol. The number of carbonyl (C=O) groups is 2. The Morgan fingerprint density at radius 2 is 1.62 bits per heavy atom. The van der Waals surface area contributed by atoms with E-state index in [-0.39, 0.29) is 5.91 Å². The highest BCUT2D eigenvalue weighted by molar-refractivity contribution is 7.17. The second kappa shape index (κ2) is 8.40. The normalized spacial score (nSPS) is 10.5. The van der Waals surface area contributed by atoms with Crippen LogP contribution < -0.4 is 16.0 Å². The molecule has 0 atom stereocenters. The predicted octanol–water partition coefficient (Wildman–Crippen LogP) is 4.98. The Hall–Kier alpha value is -3.26. The number of nitrogens with zero attached hydrogens (tertiary/aromatic N) is 2. The molecule has 1 aromatic carbocycles. The number of aromatic nitrogens is 2. The number of pyridine rings is 1. The topological polar surface area (TPSA) is 96.0 Å². The summed E-state index contributed by atoms with van der Waals surface area (Å²) in [6, 6.07) is 7.24. The average Bonchev–Trinajstić information content (AvgIpc) is 3.00. The number of benzene rings is 1. The van der Waals surface area contributed by atoms with E-state index in [2.05, 4.69) is 25.9 Å². The molecule has 0 fully saturated rings. The van der Waals surface area contributed by atoms with Crippen LogP contribution >= 0.6 is 11.3 Å². The maximum atomic E-state index is 12.8. The van der Waals surface area contributed by atoms with Crippen LogP contribution in [0.2, 0.25) is 0 Å². The third-order valence-corrected chi connectivity index (χ3v) is 5.45. The molecule has 0 saturated heterocycles. The highest BCUT2D eigenvalue weighted by atomic mass is 32.1. The van der Waals surface area contributed by atoms with Gasteiger partial charge < -0.3 is 5.32 Å². The van der Waals surface area contributed by atoms with Gasteiger partial charge in [-0.3, -0.25) is 15.4 Å². The van der Waals surface area contributed by atoms with Gasteiger partial charge in [-0.1, -0.05) is 35.1 Å². The number of carbonyl (C=O) groups excluding carboxylic acids is 2. The van der Waals surface area contributed by atoms with Gasteiger partial charge >= 0.3 is 6.03 Å².